The molecule has 6 heteroatoms. The van der Waals surface area contributed by atoms with E-state index in [0.29, 0.717) is 31.7 Å². The molecule has 1 amide bonds. The van der Waals surface area contributed by atoms with Crippen LogP contribution in [0.25, 0.3) is 10.9 Å². The number of rotatable bonds is 5. The van der Waals surface area contributed by atoms with Crippen LogP contribution < -0.4 is 0 Å². The van der Waals surface area contributed by atoms with E-state index in [0.717, 1.165) is 22.2 Å². The number of nitrogens with one attached hydrogen (secondary N) is 1. The highest BCUT2D eigenvalue weighted by Gasteiger charge is 2.33. The second kappa shape index (κ2) is 7.75. The van der Waals surface area contributed by atoms with Crippen LogP contribution in [0, 0.1) is 0 Å². The minimum atomic E-state index is -0.445. The molecule has 5 nitrogen and oxygen atoms in total. The lowest BCUT2D eigenvalue weighted by molar-refractivity contribution is -0.153. The summed E-state index contributed by atoms with van der Waals surface area (Å²) in [4.78, 5) is 29.7. The number of para-hydroxylation sites is 1. The van der Waals surface area contributed by atoms with Gasteiger partial charge in [0.15, 0.2) is 0 Å². The van der Waals surface area contributed by atoms with E-state index in [1.807, 2.05) is 24.4 Å². The van der Waals surface area contributed by atoms with E-state index in [1.54, 1.807) is 23.6 Å². The van der Waals surface area contributed by atoms with Crippen molar-refractivity contribution in [2.75, 3.05) is 24.7 Å². The van der Waals surface area contributed by atoms with Crippen molar-refractivity contribution >= 4 is 34.5 Å². The van der Waals surface area contributed by atoms with Gasteiger partial charge in [0.05, 0.1) is 6.61 Å². The van der Waals surface area contributed by atoms with Crippen molar-refractivity contribution in [1.82, 2.24) is 9.88 Å². The van der Waals surface area contributed by atoms with Crippen molar-refractivity contribution in [3.63, 3.8) is 0 Å². The molecule has 1 saturated heterocycles. The Labute approximate surface area is 145 Å². The minimum absolute atomic E-state index is 0.0265. The fraction of sp³-hybridized carbons (Fsp3) is 0.444. The molecule has 1 aliphatic rings. The number of amides is 1. The monoisotopic (exact) mass is 346 g/mol. The van der Waals surface area contributed by atoms with Crippen molar-refractivity contribution in [3.8, 4) is 0 Å². The maximum Gasteiger partial charge on any atom is 0.329 e. The molecular weight excluding hydrogens is 324 g/mol. The number of fused-ring (bicyclic) bond motifs is 1. The molecule has 1 aromatic heterocycles. The van der Waals surface area contributed by atoms with Crippen LogP contribution in [0.1, 0.15) is 18.9 Å². The number of hydrogen-bond acceptors (Lipinski definition) is 4. The summed E-state index contributed by atoms with van der Waals surface area (Å²) in [5, 5.41) is 1.15. The molecule has 0 aliphatic carbocycles. The maximum absolute atomic E-state index is 12.6. The number of aromatic amines is 1. The molecule has 1 fully saturated rings. The van der Waals surface area contributed by atoms with Gasteiger partial charge in [0.1, 0.15) is 6.04 Å². The normalized spacial score (nSPS) is 17.9. The Bertz CT molecular complexity index is 728. The van der Waals surface area contributed by atoms with E-state index in [9.17, 15) is 9.59 Å². The molecule has 2 heterocycles. The summed E-state index contributed by atoms with van der Waals surface area (Å²) in [7, 11) is 0. The highest BCUT2D eigenvalue weighted by Crippen LogP contribution is 2.22. The van der Waals surface area contributed by atoms with E-state index in [4.69, 9.17) is 4.74 Å². The molecule has 1 aromatic carbocycles. The first-order valence-corrected chi connectivity index (χ1v) is 9.45. The Hall–Kier alpha value is -1.95. The van der Waals surface area contributed by atoms with Gasteiger partial charge in [0.2, 0.25) is 5.91 Å². The van der Waals surface area contributed by atoms with Crippen molar-refractivity contribution in [3.05, 3.63) is 36.0 Å². The maximum atomic E-state index is 12.6. The minimum Gasteiger partial charge on any atom is -0.464 e. The molecule has 24 heavy (non-hydrogen) atoms. The second-order valence-corrected chi connectivity index (χ2v) is 6.94. The number of H-pyrrole nitrogens is 1. The number of esters is 1. The molecule has 0 radical (unpaired) electrons. The second-order valence-electron chi connectivity index (χ2n) is 5.79. The van der Waals surface area contributed by atoms with Crippen LogP contribution in [0.2, 0.25) is 0 Å². The molecular formula is C18H22N2O3S. The lowest BCUT2D eigenvalue weighted by Crippen LogP contribution is -2.51. The Balaban J connectivity index is 1.65. The first-order chi connectivity index (χ1) is 11.7. The summed E-state index contributed by atoms with van der Waals surface area (Å²) in [6.07, 6.45) is 3.04. The Morgan fingerprint density at radius 1 is 1.38 bits per heavy atom. The molecule has 0 unspecified atom stereocenters. The zero-order chi connectivity index (χ0) is 16.9. The van der Waals surface area contributed by atoms with Crippen LogP contribution in [-0.4, -0.2) is 52.5 Å². The summed E-state index contributed by atoms with van der Waals surface area (Å²) >= 11 is 1.70. The van der Waals surface area contributed by atoms with Crippen LogP contribution in [-0.2, 0) is 20.7 Å². The quantitative estimate of drug-likeness (QED) is 0.846. The lowest BCUT2D eigenvalue weighted by atomic mass is 10.1. The van der Waals surface area contributed by atoms with Gasteiger partial charge in [-0.2, -0.15) is 11.8 Å². The number of thioether (sulfide) groups is 1. The van der Waals surface area contributed by atoms with Crippen LogP contribution in [0.15, 0.2) is 30.5 Å². The van der Waals surface area contributed by atoms with Crippen LogP contribution in [0.5, 0.6) is 0 Å². The van der Waals surface area contributed by atoms with Gasteiger partial charge in [-0.3, -0.25) is 4.79 Å². The van der Waals surface area contributed by atoms with Crippen molar-refractivity contribution in [1.29, 1.82) is 0 Å². The Morgan fingerprint density at radius 2 is 2.21 bits per heavy atom. The average molecular weight is 346 g/mol. The first kappa shape index (κ1) is 16.9. The standard InChI is InChI=1S/C18H22N2O3S/c1-2-23-18(22)16-12-24-10-9-20(16)17(21)8-7-13-11-19-15-6-4-3-5-14(13)15/h3-6,11,16,19H,2,7-10,12H2,1H3/t16-/m1/s1. The lowest BCUT2D eigenvalue weighted by Gasteiger charge is -2.33. The Morgan fingerprint density at radius 3 is 3.04 bits per heavy atom. The van der Waals surface area contributed by atoms with E-state index in [-0.39, 0.29) is 11.9 Å². The summed E-state index contributed by atoms with van der Waals surface area (Å²) in [6.45, 7) is 2.75. The van der Waals surface area contributed by atoms with E-state index >= 15 is 0 Å². The summed E-state index contributed by atoms with van der Waals surface area (Å²) in [6, 6.07) is 7.63. The number of benzene rings is 1. The van der Waals surface area contributed by atoms with Gasteiger partial charge in [0, 0.05) is 41.6 Å². The fourth-order valence-electron chi connectivity index (χ4n) is 3.06. The number of aryl methyl sites for hydroxylation is 1. The average Bonchev–Trinajstić information content (AvgIpc) is 3.03. The van der Waals surface area contributed by atoms with Crippen molar-refractivity contribution in [2.45, 2.75) is 25.8 Å². The van der Waals surface area contributed by atoms with E-state index in [2.05, 4.69) is 11.1 Å². The topological polar surface area (TPSA) is 62.4 Å². The van der Waals surface area contributed by atoms with Crippen LogP contribution in [0.3, 0.4) is 0 Å². The van der Waals surface area contributed by atoms with Crippen LogP contribution >= 0.6 is 11.8 Å². The summed E-state index contributed by atoms with van der Waals surface area (Å²) < 4.78 is 5.12. The number of aromatic nitrogens is 1. The largest absolute Gasteiger partial charge is 0.464 e. The highest BCUT2D eigenvalue weighted by atomic mass is 32.2. The number of nitrogens with zero attached hydrogens (tertiary/aromatic N) is 1. The zero-order valence-electron chi connectivity index (χ0n) is 13.8. The van der Waals surface area contributed by atoms with Gasteiger partial charge < -0.3 is 14.6 Å². The molecule has 1 aliphatic heterocycles. The predicted octanol–water partition coefficient (Wildman–Crippen LogP) is 2.61. The Kier molecular flexibility index (Phi) is 5.45. The number of carbonyl (C=O) groups excluding carboxylic acids is 2. The molecule has 0 saturated carbocycles. The molecule has 0 bridgehead atoms. The molecule has 1 atom stereocenters. The van der Waals surface area contributed by atoms with Gasteiger partial charge in [0.25, 0.3) is 0 Å². The third kappa shape index (κ3) is 3.59. The summed E-state index contributed by atoms with van der Waals surface area (Å²) in [5.74, 6) is 1.23. The first-order valence-electron chi connectivity index (χ1n) is 8.29. The van der Waals surface area contributed by atoms with Gasteiger partial charge in [-0.1, -0.05) is 18.2 Å². The van der Waals surface area contributed by atoms with Gasteiger partial charge in [-0.15, -0.1) is 0 Å². The fourth-order valence-corrected chi connectivity index (χ4v) is 4.09. The van der Waals surface area contributed by atoms with E-state index in [1.165, 1.54) is 0 Å². The SMILES string of the molecule is CCOC(=O)[C@H]1CSCCN1C(=O)CCc1c[nH]c2ccccc12. The molecule has 2 aromatic rings. The van der Waals surface area contributed by atoms with Gasteiger partial charge in [-0.25, -0.2) is 4.79 Å². The molecule has 0 spiro atoms. The van der Waals surface area contributed by atoms with E-state index < -0.39 is 6.04 Å². The molecule has 3 rings (SSSR count). The number of hydrogen-bond donors (Lipinski definition) is 1. The van der Waals surface area contributed by atoms with Crippen molar-refractivity contribution < 1.29 is 14.3 Å². The van der Waals surface area contributed by atoms with Crippen molar-refractivity contribution in [2.24, 2.45) is 0 Å². The van der Waals surface area contributed by atoms with Crippen LogP contribution in [0.4, 0.5) is 0 Å². The highest BCUT2D eigenvalue weighted by molar-refractivity contribution is 7.99. The van der Waals surface area contributed by atoms with Gasteiger partial charge >= 0.3 is 5.97 Å². The third-order valence-electron chi connectivity index (χ3n) is 4.29. The third-order valence-corrected chi connectivity index (χ3v) is 5.31. The molecule has 128 valence electrons. The summed E-state index contributed by atoms with van der Waals surface area (Å²) in [5.41, 5.74) is 2.22. The van der Waals surface area contributed by atoms with Gasteiger partial charge in [-0.05, 0) is 25.0 Å². The number of ether oxygens (including phenoxy) is 1. The predicted molar refractivity (Wildman–Crippen MR) is 96.1 cm³/mol. The molecule has 1 N–H and O–H groups in total. The zero-order valence-corrected chi connectivity index (χ0v) is 14.6. The number of carbonyl (C=O) groups is 2. The smallest absolute Gasteiger partial charge is 0.329 e.